The van der Waals surface area contributed by atoms with Gasteiger partial charge in [0.15, 0.2) is 5.65 Å². The summed E-state index contributed by atoms with van der Waals surface area (Å²) in [5.74, 6) is -0.361. The molecule has 9 heteroatoms. The van der Waals surface area contributed by atoms with Crippen molar-refractivity contribution in [3.63, 3.8) is 0 Å². The van der Waals surface area contributed by atoms with Crippen molar-refractivity contribution in [1.82, 2.24) is 19.7 Å². The summed E-state index contributed by atoms with van der Waals surface area (Å²) in [6.45, 7) is 3.85. The van der Waals surface area contributed by atoms with Crippen LogP contribution in [0.1, 0.15) is 11.1 Å². The van der Waals surface area contributed by atoms with E-state index in [9.17, 15) is 9.18 Å². The highest BCUT2D eigenvalue weighted by molar-refractivity contribution is 8.00. The van der Waals surface area contributed by atoms with Gasteiger partial charge >= 0.3 is 0 Å². The molecule has 0 saturated heterocycles. The van der Waals surface area contributed by atoms with Crippen molar-refractivity contribution in [1.29, 1.82) is 0 Å². The number of benzene rings is 2. The number of anilines is 1. The van der Waals surface area contributed by atoms with Crippen LogP contribution in [0.5, 0.6) is 0 Å². The van der Waals surface area contributed by atoms with Gasteiger partial charge in [0.25, 0.3) is 0 Å². The zero-order chi connectivity index (χ0) is 21.3. The van der Waals surface area contributed by atoms with Gasteiger partial charge in [0, 0.05) is 0 Å². The van der Waals surface area contributed by atoms with Gasteiger partial charge in [0.05, 0.1) is 33.7 Å². The first-order valence-electron chi connectivity index (χ1n) is 9.06. The van der Waals surface area contributed by atoms with Crippen molar-refractivity contribution >= 4 is 46.0 Å². The van der Waals surface area contributed by atoms with Crippen molar-refractivity contribution < 1.29 is 9.18 Å². The third kappa shape index (κ3) is 4.15. The van der Waals surface area contributed by atoms with Crippen LogP contribution in [-0.2, 0) is 4.79 Å². The number of nitrogens with zero attached hydrogens (tertiary/aromatic N) is 4. The van der Waals surface area contributed by atoms with Crippen LogP contribution in [0, 0.1) is 19.7 Å². The Kier molecular flexibility index (Phi) is 5.69. The molecule has 2 heterocycles. The number of carbonyl (C=O) groups is 1. The third-order valence-electron chi connectivity index (χ3n) is 4.44. The van der Waals surface area contributed by atoms with E-state index in [4.69, 9.17) is 11.6 Å². The summed E-state index contributed by atoms with van der Waals surface area (Å²) < 4.78 is 14.8. The number of carbonyl (C=O) groups excluding carboxylic acids is 1. The molecule has 0 aliphatic rings. The summed E-state index contributed by atoms with van der Waals surface area (Å²) in [6, 6.07) is 9.75. The van der Waals surface area contributed by atoms with Gasteiger partial charge in [-0.15, -0.1) is 0 Å². The van der Waals surface area contributed by atoms with Gasteiger partial charge in [-0.3, -0.25) is 4.79 Å². The number of aromatic nitrogens is 4. The normalized spacial score (nSPS) is 11.1. The fourth-order valence-electron chi connectivity index (χ4n) is 3.09. The predicted molar refractivity (Wildman–Crippen MR) is 117 cm³/mol. The standard InChI is InChI=1S/C21H17ClFN5OS/c1-12-7-13(2)19(17(22)8-12)27-18(29)10-30-21-16-9-26-28(20(16)24-11-25-21)15-5-3-14(23)4-6-15/h3-9,11H,10H2,1-2H3,(H,27,29). The Morgan fingerprint density at radius 1 is 1.20 bits per heavy atom. The smallest absolute Gasteiger partial charge is 0.234 e. The molecule has 0 unspecified atom stereocenters. The quantitative estimate of drug-likeness (QED) is 0.350. The van der Waals surface area contributed by atoms with Gasteiger partial charge in [-0.1, -0.05) is 29.4 Å². The number of amides is 1. The molecule has 0 atom stereocenters. The van der Waals surface area contributed by atoms with Gasteiger partial charge < -0.3 is 5.32 Å². The zero-order valence-electron chi connectivity index (χ0n) is 16.2. The predicted octanol–water partition coefficient (Wildman–Crippen LogP) is 4.96. The van der Waals surface area contributed by atoms with Crippen LogP contribution >= 0.6 is 23.4 Å². The number of fused-ring (bicyclic) bond motifs is 1. The van der Waals surface area contributed by atoms with E-state index >= 15 is 0 Å². The van der Waals surface area contributed by atoms with Crippen LogP contribution in [0.4, 0.5) is 10.1 Å². The van der Waals surface area contributed by atoms with Crippen LogP contribution < -0.4 is 5.32 Å². The number of halogens is 2. The molecule has 6 nitrogen and oxygen atoms in total. The molecule has 152 valence electrons. The molecular formula is C21H17ClFN5OS. The molecule has 0 bridgehead atoms. The molecule has 1 N–H and O–H groups in total. The molecule has 2 aromatic carbocycles. The summed E-state index contributed by atoms with van der Waals surface area (Å²) in [7, 11) is 0. The first kappa shape index (κ1) is 20.3. The van der Waals surface area contributed by atoms with E-state index < -0.39 is 0 Å². The molecule has 2 aromatic heterocycles. The second kappa shape index (κ2) is 8.41. The number of hydrogen-bond donors (Lipinski definition) is 1. The average Bonchev–Trinajstić information content (AvgIpc) is 3.14. The Bertz CT molecular complexity index is 1220. The molecule has 1 amide bonds. The fourth-order valence-corrected chi connectivity index (χ4v) is 4.22. The first-order valence-corrected chi connectivity index (χ1v) is 10.4. The van der Waals surface area contributed by atoms with Crippen LogP contribution in [0.15, 0.2) is 53.9 Å². The van der Waals surface area contributed by atoms with Crippen LogP contribution in [0.2, 0.25) is 5.02 Å². The third-order valence-corrected chi connectivity index (χ3v) is 5.74. The Balaban J connectivity index is 1.52. The molecule has 0 aliphatic heterocycles. The molecule has 0 saturated carbocycles. The zero-order valence-corrected chi connectivity index (χ0v) is 17.8. The van der Waals surface area contributed by atoms with Crippen LogP contribution in [-0.4, -0.2) is 31.4 Å². The van der Waals surface area contributed by atoms with E-state index in [0.717, 1.165) is 11.1 Å². The summed E-state index contributed by atoms with van der Waals surface area (Å²) in [4.78, 5) is 21.1. The highest BCUT2D eigenvalue weighted by atomic mass is 35.5. The van der Waals surface area contributed by atoms with E-state index in [1.807, 2.05) is 26.0 Å². The molecule has 0 radical (unpaired) electrons. The van der Waals surface area contributed by atoms with Gasteiger partial charge in [0.1, 0.15) is 17.2 Å². The van der Waals surface area contributed by atoms with E-state index in [1.165, 1.54) is 30.2 Å². The Hall–Kier alpha value is -2.97. The highest BCUT2D eigenvalue weighted by Crippen LogP contribution is 2.29. The number of nitrogens with one attached hydrogen (secondary N) is 1. The fraction of sp³-hybridized carbons (Fsp3) is 0.143. The molecule has 0 spiro atoms. The maximum Gasteiger partial charge on any atom is 0.234 e. The van der Waals surface area contributed by atoms with Gasteiger partial charge in [-0.25, -0.2) is 19.0 Å². The first-order chi connectivity index (χ1) is 14.4. The molecule has 4 rings (SSSR count). The van der Waals surface area contributed by atoms with E-state index in [0.29, 0.717) is 32.5 Å². The van der Waals surface area contributed by atoms with Crippen LogP contribution in [0.3, 0.4) is 0 Å². The maximum absolute atomic E-state index is 13.2. The summed E-state index contributed by atoms with van der Waals surface area (Å²) in [6.07, 6.45) is 3.06. The number of hydrogen-bond acceptors (Lipinski definition) is 5. The molecule has 0 aliphatic carbocycles. The summed E-state index contributed by atoms with van der Waals surface area (Å²) in [5.41, 5.74) is 3.82. The lowest BCUT2D eigenvalue weighted by atomic mass is 10.1. The number of aryl methyl sites for hydroxylation is 2. The van der Waals surface area contributed by atoms with Crippen LogP contribution in [0.25, 0.3) is 16.7 Å². The Labute approximate surface area is 181 Å². The Morgan fingerprint density at radius 2 is 1.97 bits per heavy atom. The summed E-state index contributed by atoms with van der Waals surface area (Å²) in [5, 5.41) is 9.07. The van der Waals surface area contributed by atoms with Crippen molar-refractivity contribution in [2.45, 2.75) is 18.9 Å². The minimum absolute atomic E-state index is 0.150. The lowest BCUT2D eigenvalue weighted by molar-refractivity contribution is -0.113. The molecular weight excluding hydrogens is 425 g/mol. The number of thioether (sulfide) groups is 1. The minimum atomic E-state index is -0.323. The van der Waals surface area contributed by atoms with Gasteiger partial charge in [0.2, 0.25) is 5.91 Å². The molecule has 4 aromatic rings. The van der Waals surface area contributed by atoms with Crippen molar-refractivity contribution in [3.05, 3.63) is 70.9 Å². The largest absolute Gasteiger partial charge is 0.324 e. The maximum atomic E-state index is 13.2. The second-order valence-electron chi connectivity index (χ2n) is 6.72. The van der Waals surface area contributed by atoms with Gasteiger partial charge in [-0.2, -0.15) is 5.10 Å². The summed E-state index contributed by atoms with van der Waals surface area (Å²) >= 11 is 7.55. The lowest BCUT2D eigenvalue weighted by Crippen LogP contribution is -2.15. The minimum Gasteiger partial charge on any atom is -0.324 e. The van der Waals surface area contributed by atoms with Crippen molar-refractivity contribution in [2.75, 3.05) is 11.1 Å². The number of rotatable bonds is 5. The monoisotopic (exact) mass is 441 g/mol. The van der Waals surface area contributed by atoms with Gasteiger partial charge in [-0.05, 0) is 55.3 Å². The van der Waals surface area contributed by atoms with E-state index in [2.05, 4.69) is 20.4 Å². The van der Waals surface area contributed by atoms with Crippen molar-refractivity contribution in [3.8, 4) is 5.69 Å². The molecule has 30 heavy (non-hydrogen) atoms. The van der Waals surface area contributed by atoms with E-state index in [1.54, 1.807) is 23.0 Å². The SMILES string of the molecule is Cc1cc(C)c(NC(=O)CSc2ncnc3c2cnn3-c2ccc(F)cc2)c(Cl)c1. The molecule has 0 fully saturated rings. The average molecular weight is 442 g/mol. The topological polar surface area (TPSA) is 72.7 Å². The Morgan fingerprint density at radius 3 is 2.70 bits per heavy atom. The lowest BCUT2D eigenvalue weighted by Gasteiger charge is -2.11. The van der Waals surface area contributed by atoms with E-state index in [-0.39, 0.29) is 17.5 Å². The second-order valence-corrected chi connectivity index (χ2v) is 8.10. The van der Waals surface area contributed by atoms with Crippen molar-refractivity contribution in [2.24, 2.45) is 0 Å². The highest BCUT2D eigenvalue weighted by Gasteiger charge is 2.14.